The molecule has 0 aliphatic carbocycles. The predicted molar refractivity (Wildman–Crippen MR) is 200 cm³/mol. The second-order valence-electron chi connectivity index (χ2n) is 14.4. The first-order valence-electron chi connectivity index (χ1n) is 20.6. The van der Waals surface area contributed by atoms with Crippen molar-refractivity contribution in [3.05, 3.63) is 0 Å². The van der Waals surface area contributed by atoms with E-state index in [-0.39, 0.29) is 12.6 Å². The van der Waals surface area contributed by atoms with Gasteiger partial charge in [-0.05, 0) is 12.8 Å². The van der Waals surface area contributed by atoms with E-state index in [9.17, 15) is 24.9 Å². The zero-order valence-electron chi connectivity index (χ0n) is 31.7. The summed E-state index contributed by atoms with van der Waals surface area (Å²) in [5, 5.41) is 37.0. The largest absolute Gasteiger partial charge is 0.394 e. The number of amides is 3. The van der Waals surface area contributed by atoms with Gasteiger partial charge in [-0.3, -0.25) is 9.69 Å². The van der Waals surface area contributed by atoms with Gasteiger partial charge < -0.3 is 36.4 Å². The smallest absolute Gasteiger partial charge is 0.319 e. The number of nitrogens with two attached hydrogens (primary N) is 1. The molecule has 0 saturated carbocycles. The predicted octanol–water partition coefficient (Wildman–Crippen LogP) is 7.06. The number of carbonyl (C=O) groups is 2. The molecule has 7 N–H and O–H groups in total. The quantitative estimate of drug-likeness (QED) is 0.0411. The highest BCUT2D eigenvalue weighted by Gasteiger charge is 2.48. The molecule has 0 aromatic heterocycles. The molecule has 1 fully saturated rings. The van der Waals surface area contributed by atoms with E-state index in [1.165, 1.54) is 127 Å². The minimum absolute atomic E-state index is 0.306. The SMILES string of the molecule is CCCCCCCCCCCCCCCCCCN(C(=O)NCCCCCCCCCCCC)[C@@H]1O[C@H](CO)[C@H](O)[C@H](O)[C@H]1NC(=O)CN. The van der Waals surface area contributed by atoms with Gasteiger partial charge in [-0.1, -0.05) is 168 Å². The number of carbonyl (C=O) groups excluding carboxylic acids is 2. The summed E-state index contributed by atoms with van der Waals surface area (Å²) in [4.78, 5) is 27.4. The van der Waals surface area contributed by atoms with Gasteiger partial charge in [0.1, 0.15) is 24.4 Å². The maximum absolute atomic E-state index is 13.6. The Morgan fingerprint density at radius 1 is 0.633 bits per heavy atom. The fourth-order valence-electron chi connectivity index (χ4n) is 6.85. The minimum Gasteiger partial charge on any atom is -0.394 e. The molecule has 10 nitrogen and oxygen atoms in total. The minimum atomic E-state index is -1.44. The van der Waals surface area contributed by atoms with Crippen molar-refractivity contribution >= 4 is 11.9 Å². The number of hydrogen-bond donors (Lipinski definition) is 6. The highest BCUT2D eigenvalue weighted by Crippen LogP contribution is 2.25. The molecule has 1 aliphatic rings. The van der Waals surface area contributed by atoms with E-state index in [4.69, 9.17) is 10.5 Å². The van der Waals surface area contributed by atoms with Crippen LogP contribution in [0.15, 0.2) is 0 Å². The molecule has 49 heavy (non-hydrogen) atoms. The lowest BCUT2D eigenvalue weighted by atomic mass is 9.95. The fourth-order valence-corrected chi connectivity index (χ4v) is 6.85. The highest BCUT2D eigenvalue weighted by atomic mass is 16.5. The Balaban J connectivity index is 2.54. The van der Waals surface area contributed by atoms with Crippen molar-refractivity contribution in [2.24, 2.45) is 5.73 Å². The van der Waals surface area contributed by atoms with Crippen LogP contribution in [0.4, 0.5) is 4.79 Å². The van der Waals surface area contributed by atoms with Crippen LogP contribution in [-0.4, -0.2) is 89.0 Å². The summed E-state index contributed by atoms with van der Waals surface area (Å²) in [6.07, 6.45) is 27.1. The Bertz CT molecular complexity index is 791. The van der Waals surface area contributed by atoms with Crippen LogP contribution in [-0.2, 0) is 9.53 Å². The van der Waals surface area contributed by atoms with Crippen LogP contribution in [0, 0.1) is 0 Å². The Morgan fingerprint density at radius 2 is 1.04 bits per heavy atom. The number of aliphatic hydroxyl groups excluding tert-OH is 3. The molecule has 0 bridgehead atoms. The third-order valence-corrected chi connectivity index (χ3v) is 10.0. The van der Waals surface area contributed by atoms with Gasteiger partial charge in [0.05, 0.1) is 13.2 Å². The number of nitrogens with one attached hydrogen (secondary N) is 2. The monoisotopic (exact) mass is 699 g/mol. The first-order valence-corrected chi connectivity index (χ1v) is 20.6. The summed E-state index contributed by atoms with van der Waals surface area (Å²) in [5.41, 5.74) is 5.53. The van der Waals surface area contributed by atoms with Gasteiger partial charge in [0.2, 0.25) is 5.91 Å². The second-order valence-corrected chi connectivity index (χ2v) is 14.4. The van der Waals surface area contributed by atoms with Crippen LogP contribution < -0.4 is 16.4 Å². The molecule has 1 heterocycles. The number of urea groups is 1. The molecule has 1 rings (SSSR count). The van der Waals surface area contributed by atoms with Gasteiger partial charge in [-0.15, -0.1) is 0 Å². The molecule has 3 amide bonds. The molecule has 0 unspecified atom stereocenters. The van der Waals surface area contributed by atoms with E-state index in [2.05, 4.69) is 24.5 Å². The van der Waals surface area contributed by atoms with E-state index < -0.39 is 43.1 Å². The third-order valence-electron chi connectivity index (χ3n) is 10.0. The molecular formula is C39H78N4O6. The van der Waals surface area contributed by atoms with Gasteiger partial charge in [0.25, 0.3) is 0 Å². The van der Waals surface area contributed by atoms with Crippen molar-refractivity contribution in [1.82, 2.24) is 15.5 Å². The number of rotatable bonds is 32. The number of ether oxygens (including phenoxy) is 1. The number of nitrogens with zero attached hydrogens (tertiary/aromatic N) is 1. The summed E-state index contributed by atoms with van der Waals surface area (Å²) in [6, 6.07) is -1.42. The summed E-state index contributed by atoms with van der Waals surface area (Å²) >= 11 is 0. The molecule has 1 saturated heterocycles. The Hall–Kier alpha value is -1.46. The van der Waals surface area contributed by atoms with E-state index in [1.54, 1.807) is 0 Å². The number of aliphatic hydroxyl groups is 3. The maximum Gasteiger partial charge on any atom is 0.319 e. The van der Waals surface area contributed by atoms with Crippen molar-refractivity contribution in [3.63, 3.8) is 0 Å². The number of hydrogen-bond acceptors (Lipinski definition) is 7. The zero-order valence-corrected chi connectivity index (χ0v) is 31.7. The molecule has 5 atom stereocenters. The Morgan fingerprint density at radius 3 is 1.45 bits per heavy atom. The molecule has 1 aliphatic heterocycles. The Labute approximate surface area is 300 Å². The first kappa shape index (κ1) is 45.6. The summed E-state index contributed by atoms with van der Waals surface area (Å²) < 4.78 is 6.00. The van der Waals surface area contributed by atoms with Crippen LogP contribution in [0.3, 0.4) is 0 Å². The van der Waals surface area contributed by atoms with Crippen molar-refractivity contribution in [1.29, 1.82) is 0 Å². The average Bonchev–Trinajstić information content (AvgIpc) is 3.10. The molecule has 290 valence electrons. The van der Waals surface area contributed by atoms with Gasteiger partial charge >= 0.3 is 6.03 Å². The molecule has 0 aromatic rings. The van der Waals surface area contributed by atoms with Gasteiger partial charge in [0, 0.05) is 13.1 Å². The summed E-state index contributed by atoms with van der Waals surface area (Å²) in [6.45, 7) is 4.55. The van der Waals surface area contributed by atoms with Crippen LogP contribution >= 0.6 is 0 Å². The zero-order chi connectivity index (χ0) is 36.0. The average molecular weight is 699 g/mol. The van der Waals surface area contributed by atoms with Crippen LogP contribution in [0.2, 0.25) is 0 Å². The fraction of sp³-hybridized carbons (Fsp3) is 0.949. The maximum atomic E-state index is 13.6. The van der Waals surface area contributed by atoms with Crippen LogP contribution in [0.1, 0.15) is 181 Å². The topological polar surface area (TPSA) is 157 Å². The van der Waals surface area contributed by atoms with Gasteiger partial charge in [-0.25, -0.2) is 4.79 Å². The molecular weight excluding hydrogens is 620 g/mol. The van der Waals surface area contributed by atoms with Crippen molar-refractivity contribution < 1.29 is 29.6 Å². The molecule has 0 radical (unpaired) electrons. The Kier molecular flexibility index (Phi) is 29.1. The van der Waals surface area contributed by atoms with E-state index in [0.717, 1.165) is 44.9 Å². The van der Waals surface area contributed by atoms with Gasteiger partial charge in [-0.2, -0.15) is 0 Å². The van der Waals surface area contributed by atoms with Gasteiger partial charge in [0.15, 0.2) is 6.23 Å². The van der Waals surface area contributed by atoms with E-state index >= 15 is 0 Å². The van der Waals surface area contributed by atoms with E-state index in [0.29, 0.717) is 13.1 Å². The molecule has 10 heteroatoms. The molecule has 0 aromatic carbocycles. The first-order chi connectivity index (χ1) is 23.9. The van der Waals surface area contributed by atoms with Crippen molar-refractivity contribution in [2.75, 3.05) is 26.2 Å². The number of unbranched alkanes of at least 4 members (excludes halogenated alkanes) is 24. The van der Waals surface area contributed by atoms with Crippen LogP contribution in [0.25, 0.3) is 0 Å². The lowest BCUT2D eigenvalue weighted by molar-refractivity contribution is -0.224. The summed E-state index contributed by atoms with van der Waals surface area (Å²) in [5.74, 6) is -0.527. The van der Waals surface area contributed by atoms with Crippen LogP contribution in [0.5, 0.6) is 0 Å². The lowest BCUT2D eigenvalue weighted by Gasteiger charge is -2.46. The van der Waals surface area contributed by atoms with Crippen molar-refractivity contribution in [3.8, 4) is 0 Å². The van der Waals surface area contributed by atoms with E-state index in [1.807, 2.05) is 0 Å². The van der Waals surface area contributed by atoms with Crippen molar-refractivity contribution in [2.45, 2.75) is 211 Å². The highest BCUT2D eigenvalue weighted by molar-refractivity contribution is 5.78. The standard InChI is InChI=1S/C39H78N4O6/c1-3-5-7-9-11-13-15-16-17-18-19-20-22-24-26-28-30-43(39(48)41-29-27-25-23-21-14-12-10-8-6-4-2)38-35(42-34(45)31-40)37(47)36(46)33(32-44)49-38/h33,35-38,44,46-47H,3-32,40H2,1-2H3,(H,41,48)(H,42,45)/t33-,35-,36+,37-,38-/m1/s1. The molecule has 0 spiro atoms. The third kappa shape index (κ3) is 21.5. The lowest BCUT2D eigenvalue weighted by Crippen LogP contribution is -2.69. The second kappa shape index (κ2) is 31.3. The summed E-state index contributed by atoms with van der Waals surface area (Å²) in [7, 11) is 0. The normalized spacial score (nSPS) is 20.7.